The molecule has 0 spiro atoms. The van der Waals surface area contributed by atoms with E-state index in [9.17, 15) is 4.79 Å². The number of aliphatic hydroxyl groups excluding tert-OH is 1. The van der Waals surface area contributed by atoms with Crippen molar-refractivity contribution in [3.05, 3.63) is 60.2 Å². The summed E-state index contributed by atoms with van der Waals surface area (Å²) in [4.78, 5) is 10.9. The summed E-state index contributed by atoms with van der Waals surface area (Å²) in [5.74, 6) is -0.385. The van der Waals surface area contributed by atoms with Crippen molar-refractivity contribution >= 4 is 5.97 Å². The molecule has 0 radical (unpaired) electrons. The van der Waals surface area contributed by atoms with Crippen LogP contribution < -0.4 is 0 Å². The largest absolute Gasteiger partial charge is 2.00 e. The van der Waals surface area contributed by atoms with Gasteiger partial charge in [0.05, 0.1) is 6.61 Å². The topological polar surface area (TPSA) is 46.5 Å². The Morgan fingerprint density at radius 1 is 1.18 bits per heavy atom. The Balaban J connectivity index is 0.000000360. The fourth-order valence-corrected chi connectivity index (χ4v) is 1.05. The van der Waals surface area contributed by atoms with E-state index < -0.39 is 0 Å². The number of carbonyl (C=O) groups excluding carboxylic acids is 1. The number of ether oxygens (including phenoxy) is 1. The molecular formula is C13H14FeO3. The van der Waals surface area contributed by atoms with Crippen LogP contribution in [0.3, 0.4) is 0 Å². The first-order valence-electron chi connectivity index (χ1n) is 5.01. The molecule has 4 heteroatoms. The normalized spacial score (nSPS) is 8.53. The van der Waals surface area contributed by atoms with Crippen LogP contribution in [-0.2, 0) is 21.8 Å². The van der Waals surface area contributed by atoms with Crippen LogP contribution >= 0.6 is 0 Å². The maximum Gasteiger partial charge on any atom is 2.00 e. The fraction of sp³-hybridized carbons (Fsp3) is 0.154. The third-order valence-corrected chi connectivity index (χ3v) is 1.78. The van der Waals surface area contributed by atoms with Gasteiger partial charge in [0.15, 0.2) is 0 Å². The molecule has 2 aromatic carbocycles. The van der Waals surface area contributed by atoms with Crippen LogP contribution in [0.25, 0.3) is 0 Å². The Morgan fingerprint density at radius 2 is 1.76 bits per heavy atom. The number of hydrogen-bond acceptors (Lipinski definition) is 3. The van der Waals surface area contributed by atoms with E-state index in [0.717, 1.165) is 0 Å². The Kier molecular flexibility index (Phi) is 9.06. The van der Waals surface area contributed by atoms with Crippen LogP contribution in [0.5, 0.6) is 0 Å². The summed E-state index contributed by atoms with van der Waals surface area (Å²) in [6.07, 6.45) is 0. The molecular weight excluding hydrogens is 260 g/mol. The van der Waals surface area contributed by atoms with Crippen molar-refractivity contribution < 1.29 is 31.7 Å². The van der Waals surface area contributed by atoms with E-state index in [0.29, 0.717) is 5.56 Å². The molecule has 0 saturated carbocycles. The molecule has 92 valence electrons. The number of hydrogen-bond donors (Lipinski definition) is 1. The maximum atomic E-state index is 10.9. The molecule has 0 bridgehead atoms. The Bertz CT molecular complexity index is 348. The molecule has 0 aliphatic heterocycles. The van der Waals surface area contributed by atoms with Gasteiger partial charge >= 0.3 is 17.1 Å². The second-order valence-corrected chi connectivity index (χ2v) is 3.00. The predicted molar refractivity (Wildman–Crippen MR) is 61.4 cm³/mol. The summed E-state index contributed by atoms with van der Waals surface area (Å²) >= 11 is 0. The van der Waals surface area contributed by atoms with Crippen LogP contribution in [0.4, 0.5) is 0 Å². The first-order valence-corrected chi connectivity index (χ1v) is 5.01. The van der Waals surface area contributed by atoms with Crippen molar-refractivity contribution in [2.24, 2.45) is 0 Å². The molecule has 2 aromatic rings. The molecule has 2 rings (SSSR count). The molecule has 1 N–H and O–H groups in total. The minimum Gasteiger partial charge on any atom is -0.469 e. The first-order chi connectivity index (χ1) is 7.84. The summed E-state index contributed by atoms with van der Waals surface area (Å²) in [5.41, 5.74) is 0.526. The number of rotatable bonds is 3. The van der Waals surface area contributed by atoms with Crippen LogP contribution in [0.1, 0.15) is 10.4 Å². The summed E-state index contributed by atoms with van der Waals surface area (Å²) in [6.45, 7) is -0.0730. The third-order valence-electron chi connectivity index (χ3n) is 1.78. The molecule has 3 nitrogen and oxygen atoms in total. The summed E-state index contributed by atoms with van der Waals surface area (Å²) in [7, 11) is 0. The van der Waals surface area contributed by atoms with Crippen LogP contribution in [0, 0.1) is 0 Å². The minimum atomic E-state index is -0.385. The van der Waals surface area contributed by atoms with Crippen molar-refractivity contribution in [1.29, 1.82) is 0 Å². The molecule has 0 unspecified atom stereocenters. The van der Waals surface area contributed by atoms with E-state index in [-0.39, 0.29) is 36.3 Å². The second kappa shape index (κ2) is 9.85. The fourth-order valence-electron chi connectivity index (χ4n) is 1.05. The average Bonchev–Trinajstić information content (AvgIpc) is 2.98. The zero-order chi connectivity index (χ0) is 11.6. The summed E-state index contributed by atoms with van der Waals surface area (Å²) in [6, 6.07) is 16.9. The molecule has 0 fully saturated rings. The van der Waals surface area contributed by atoms with Gasteiger partial charge in [-0.1, -0.05) is 5.56 Å². The molecule has 0 atom stereocenters. The van der Waals surface area contributed by atoms with Gasteiger partial charge in [0, 0.05) is 0 Å². The third kappa shape index (κ3) is 6.74. The zero-order valence-corrected chi connectivity index (χ0v) is 10.3. The van der Waals surface area contributed by atoms with Gasteiger partial charge in [-0.05, 0) is 0 Å². The quantitative estimate of drug-likeness (QED) is 0.528. The molecule has 0 amide bonds. The SMILES string of the molecule is O=C(OCCO)[c-]1cccc1.[Fe+2].c1cc[cH-]c1. The van der Waals surface area contributed by atoms with E-state index >= 15 is 0 Å². The number of esters is 1. The van der Waals surface area contributed by atoms with Crippen LogP contribution in [0.15, 0.2) is 54.6 Å². The van der Waals surface area contributed by atoms with Gasteiger partial charge < -0.3 is 9.84 Å². The number of aliphatic hydroxyl groups is 1. The van der Waals surface area contributed by atoms with Gasteiger partial charge in [0.2, 0.25) is 0 Å². The monoisotopic (exact) mass is 274 g/mol. The molecule has 17 heavy (non-hydrogen) atoms. The standard InChI is InChI=1S/C8H9O3.C5H5.Fe/c9-5-6-11-8(10)7-3-1-2-4-7;1-2-4-5-3-1;/h1-4,9H,5-6H2;1-5H;/q2*-1;+2. The maximum absolute atomic E-state index is 10.9. The Labute approximate surface area is 111 Å². The minimum absolute atomic E-state index is 0. The van der Waals surface area contributed by atoms with Gasteiger partial charge in [0.1, 0.15) is 6.61 Å². The summed E-state index contributed by atoms with van der Waals surface area (Å²) < 4.78 is 4.65. The van der Waals surface area contributed by atoms with E-state index in [4.69, 9.17) is 5.11 Å². The van der Waals surface area contributed by atoms with Gasteiger partial charge in [-0.25, -0.2) is 24.3 Å². The molecule has 0 aromatic heterocycles. The van der Waals surface area contributed by atoms with Gasteiger partial charge in [-0.3, -0.25) is 4.79 Å². The van der Waals surface area contributed by atoms with E-state index in [2.05, 4.69) is 4.74 Å². The smallest absolute Gasteiger partial charge is 0.469 e. The first kappa shape index (κ1) is 15.6. The van der Waals surface area contributed by atoms with Crippen LogP contribution in [-0.4, -0.2) is 24.3 Å². The Hall–Kier alpha value is -1.35. The number of carbonyl (C=O) groups is 1. The van der Waals surface area contributed by atoms with E-state index in [1.165, 1.54) is 0 Å². The second-order valence-electron chi connectivity index (χ2n) is 3.00. The van der Waals surface area contributed by atoms with Crippen molar-refractivity contribution in [2.75, 3.05) is 13.2 Å². The summed E-state index contributed by atoms with van der Waals surface area (Å²) in [5, 5.41) is 8.34. The average molecular weight is 274 g/mol. The van der Waals surface area contributed by atoms with Crippen molar-refractivity contribution in [3.63, 3.8) is 0 Å². The van der Waals surface area contributed by atoms with Crippen molar-refractivity contribution in [3.8, 4) is 0 Å². The van der Waals surface area contributed by atoms with Crippen LogP contribution in [0.2, 0.25) is 0 Å². The van der Waals surface area contributed by atoms with Gasteiger partial charge in [-0.2, -0.15) is 30.3 Å². The van der Waals surface area contributed by atoms with Crippen molar-refractivity contribution in [2.45, 2.75) is 0 Å². The zero-order valence-electron chi connectivity index (χ0n) is 9.23. The molecule has 0 saturated heterocycles. The molecule has 0 aliphatic carbocycles. The van der Waals surface area contributed by atoms with Gasteiger partial charge in [-0.15, -0.1) is 0 Å². The van der Waals surface area contributed by atoms with Gasteiger partial charge in [0.25, 0.3) is 5.97 Å². The molecule has 0 aliphatic rings. The Morgan fingerprint density at radius 3 is 2.18 bits per heavy atom. The molecule has 0 heterocycles. The predicted octanol–water partition coefficient (Wildman–Crippen LogP) is 1.96. The van der Waals surface area contributed by atoms with E-state index in [1.807, 2.05) is 30.3 Å². The van der Waals surface area contributed by atoms with Crippen molar-refractivity contribution in [1.82, 2.24) is 0 Å². The van der Waals surface area contributed by atoms with E-state index in [1.54, 1.807) is 24.3 Å².